The lowest BCUT2D eigenvalue weighted by Crippen LogP contribution is -1.91. The van der Waals surface area contributed by atoms with Gasteiger partial charge in [0.1, 0.15) is 6.26 Å². The SMILES string of the molecule is O=S(=O)(Cl)c1cc(-c2nnc(C3CCCC3)o2)co1. The second kappa shape index (κ2) is 4.64. The molecule has 0 N–H and O–H groups in total. The second-order valence-corrected chi connectivity index (χ2v) is 7.02. The Kier molecular flexibility index (Phi) is 3.10. The molecule has 0 bridgehead atoms. The predicted molar refractivity (Wildman–Crippen MR) is 66.2 cm³/mol. The molecule has 0 aliphatic heterocycles. The molecule has 1 aliphatic carbocycles. The summed E-state index contributed by atoms with van der Waals surface area (Å²) in [5.41, 5.74) is 0.413. The fraction of sp³-hybridized carbons (Fsp3) is 0.455. The van der Waals surface area contributed by atoms with E-state index in [9.17, 15) is 8.42 Å². The molecule has 0 saturated heterocycles. The summed E-state index contributed by atoms with van der Waals surface area (Å²) in [6.07, 6.45) is 5.68. The predicted octanol–water partition coefficient (Wildman–Crippen LogP) is 2.91. The first-order chi connectivity index (χ1) is 9.04. The topological polar surface area (TPSA) is 86.2 Å². The van der Waals surface area contributed by atoms with Crippen molar-refractivity contribution in [3.05, 3.63) is 18.2 Å². The van der Waals surface area contributed by atoms with E-state index < -0.39 is 9.05 Å². The first-order valence-electron chi connectivity index (χ1n) is 5.91. The van der Waals surface area contributed by atoms with E-state index in [2.05, 4.69) is 10.2 Å². The quantitative estimate of drug-likeness (QED) is 0.810. The molecule has 0 amide bonds. The largest absolute Gasteiger partial charge is 0.451 e. The summed E-state index contributed by atoms with van der Waals surface area (Å²) in [6.45, 7) is 0. The van der Waals surface area contributed by atoms with Crippen molar-refractivity contribution in [2.45, 2.75) is 36.7 Å². The maximum atomic E-state index is 11.1. The van der Waals surface area contributed by atoms with E-state index in [1.54, 1.807) is 0 Å². The highest BCUT2D eigenvalue weighted by Crippen LogP contribution is 2.34. The summed E-state index contributed by atoms with van der Waals surface area (Å²) in [4.78, 5) is 0. The number of aromatic nitrogens is 2. The molecule has 3 rings (SSSR count). The molecule has 2 aromatic rings. The van der Waals surface area contributed by atoms with Crippen LogP contribution in [0.5, 0.6) is 0 Å². The van der Waals surface area contributed by atoms with Crippen LogP contribution in [-0.2, 0) is 9.05 Å². The van der Waals surface area contributed by atoms with E-state index >= 15 is 0 Å². The van der Waals surface area contributed by atoms with Gasteiger partial charge in [0.15, 0.2) is 0 Å². The molecule has 0 aromatic carbocycles. The van der Waals surface area contributed by atoms with Crippen LogP contribution in [0.4, 0.5) is 0 Å². The van der Waals surface area contributed by atoms with Gasteiger partial charge in [0.05, 0.1) is 5.56 Å². The van der Waals surface area contributed by atoms with E-state index in [4.69, 9.17) is 19.5 Å². The van der Waals surface area contributed by atoms with Crippen LogP contribution in [0.25, 0.3) is 11.5 Å². The van der Waals surface area contributed by atoms with Gasteiger partial charge in [0.25, 0.3) is 14.9 Å². The number of halogens is 1. The van der Waals surface area contributed by atoms with Gasteiger partial charge in [0.2, 0.25) is 11.0 Å². The standard InChI is InChI=1S/C11H11ClN2O4S/c12-19(15,16)9-5-8(6-17-9)11-14-13-10(18-11)7-3-1-2-4-7/h5-7H,1-4H2. The van der Waals surface area contributed by atoms with Crippen LogP contribution in [0, 0.1) is 0 Å². The average Bonchev–Trinajstić information content (AvgIpc) is 3.10. The summed E-state index contributed by atoms with van der Waals surface area (Å²) in [7, 11) is 1.30. The fourth-order valence-corrected chi connectivity index (χ4v) is 2.92. The second-order valence-electron chi connectivity index (χ2n) is 4.52. The molecule has 102 valence electrons. The summed E-state index contributed by atoms with van der Waals surface area (Å²) in [5, 5.41) is 7.59. The number of rotatable bonds is 3. The van der Waals surface area contributed by atoms with Crippen molar-refractivity contribution in [1.29, 1.82) is 0 Å². The Bertz CT molecular complexity index is 685. The Morgan fingerprint density at radius 3 is 2.63 bits per heavy atom. The van der Waals surface area contributed by atoms with Crippen LogP contribution < -0.4 is 0 Å². The number of nitrogens with zero attached hydrogens (tertiary/aromatic N) is 2. The van der Waals surface area contributed by atoms with Crippen LogP contribution in [0.15, 0.2) is 26.3 Å². The van der Waals surface area contributed by atoms with Gasteiger partial charge in [-0.3, -0.25) is 0 Å². The lowest BCUT2D eigenvalue weighted by Gasteiger charge is -1.99. The molecule has 19 heavy (non-hydrogen) atoms. The zero-order valence-corrected chi connectivity index (χ0v) is 11.4. The third-order valence-electron chi connectivity index (χ3n) is 3.21. The molecule has 0 atom stereocenters. The Morgan fingerprint density at radius 1 is 1.26 bits per heavy atom. The van der Waals surface area contributed by atoms with Gasteiger partial charge in [-0.25, -0.2) is 8.42 Å². The van der Waals surface area contributed by atoms with E-state index in [1.807, 2.05) is 0 Å². The molecule has 2 heterocycles. The first-order valence-corrected chi connectivity index (χ1v) is 8.22. The van der Waals surface area contributed by atoms with Gasteiger partial charge in [0, 0.05) is 22.7 Å². The highest BCUT2D eigenvalue weighted by atomic mass is 35.7. The van der Waals surface area contributed by atoms with E-state index in [-0.39, 0.29) is 11.0 Å². The average molecular weight is 303 g/mol. The van der Waals surface area contributed by atoms with Crippen LogP contribution >= 0.6 is 10.7 Å². The summed E-state index contributed by atoms with van der Waals surface area (Å²) in [5.74, 6) is 1.16. The Hall–Kier alpha value is -1.34. The smallest absolute Gasteiger partial charge is 0.294 e. The van der Waals surface area contributed by atoms with E-state index in [0.717, 1.165) is 12.8 Å². The molecule has 1 saturated carbocycles. The lowest BCUT2D eigenvalue weighted by molar-refractivity contribution is 0.449. The molecular formula is C11H11ClN2O4S. The summed E-state index contributed by atoms with van der Waals surface area (Å²) in [6, 6.07) is 1.27. The summed E-state index contributed by atoms with van der Waals surface area (Å²) >= 11 is 0. The van der Waals surface area contributed by atoms with Crippen molar-refractivity contribution < 1.29 is 17.3 Å². The van der Waals surface area contributed by atoms with Gasteiger partial charge in [-0.15, -0.1) is 10.2 Å². The summed E-state index contributed by atoms with van der Waals surface area (Å²) < 4.78 is 32.6. The maximum Gasteiger partial charge on any atom is 0.294 e. The molecule has 2 aromatic heterocycles. The van der Waals surface area contributed by atoms with Gasteiger partial charge in [-0.05, 0) is 12.8 Å². The highest BCUT2D eigenvalue weighted by molar-refractivity contribution is 8.13. The first kappa shape index (κ1) is 12.7. The molecule has 8 heteroatoms. The molecular weight excluding hydrogens is 292 g/mol. The van der Waals surface area contributed by atoms with Crippen LogP contribution in [-0.4, -0.2) is 18.6 Å². The van der Waals surface area contributed by atoms with Crippen LogP contribution in [0.3, 0.4) is 0 Å². The molecule has 6 nitrogen and oxygen atoms in total. The molecule has 0 spiro atoms. The Morgan fingerprint density at radius 2 is 2.00 bits per heavy atom. The van der Waals surface area contributed by atoms with Crippen molar-refractivity contribution in [1.82, 2.24) is 10.2 Å². The maximum absolute atomic E-state index is 11.1. The fourth-order valence-electron chi connectivity index (χ4n) is 2.25. The number of furan rings is 1. The minimum Gasteiger partial charge on any atom is -0.451 e. The van der Waals surface area contributed by atoms with Gasteiger partial charge in [-0.1, -0.05) is 12.8 Å². The zero-order valence-electron chi connectivity index (χ0n) is 9.87. The minimum absolute atomic E-state index is 0.247. The van der Waals surface area contributed by atoms with Gasteiger partial charge >= 0.3 is 0 Å². The van der Waals surface area contributed by atoms with Crippen molar-refractivity contribution in [3.63, 3.8) is 0 Å². The minimum atomic E-state index is -3.88. The normalized spacial score (nSPS) is 17.1. The number of hydrogen-bond donors (Lipinski definition) is 0. The van der Waals surface area contributed by atoms with Gasteiger partial charge < -0.3 is 8.83 Å². The third-order valence-corrected chi connectivity index (χ3v) is 4.36. The van der Waals surface area contributed by atoms with Crippen LogP contribution in [0.1, 0.15) is 37.5 Å². The molecule has 1 aliphatic rings. The highest BCUT2D eigenvalue weighted by Gasteiger charge is 2.24. The van der Waals surface area contributed by atoms with Gasteiger partial charge in [-0.2, -0.15) is 0 Å². The lowest BCUT2D eigenvalue weighted by atomic mass is 10.1. The Labute approximate surface area is 114 Å². The monoisotopic (exact) mass is 302 g/mol. The van der Waals surface area contributed by atoms with Crippen molar-refractivity contribution in [2.75, 3.05) is 0 Å². The van der Waals surface area contributed by atoms with Crippen molar-refractivity contribution >= 4 is 19.7 Å². The molecule has 0 unspecified atom stereocenters. The van der Waals surface area contributed by atoms with Crippen molar-refractivity contribution in [2.24, 2.45) is 0 Å². The Balaban J connectivity index is 1.88. The van der Waals surface area contributed by atoms with Crippen LogP contribution in [0.2, 0.25) is 0 Å². The third kappa shape index (κ3) is 2.52. The van der Waals surface area contributed by atoms with E-state index in [0.29, 0.717) is 17.4 Å². The molecule has 1 fully saturated rings. The zero-order chi connectivity index (χ0) is 13.5. The van der Waals surface area contributed by atoms with E-state index in [1.165, 1.54) is 25.2 Å². The number of hydrogen-bond acceptors (Lipinski definition) is 6. The van der Waals surface area contributed by atoms with Crippen molar-refractivity contribution in [3.8, 4) is 11.5 Å². The molecule has 0 radical (unpaired) electrons.